The standard InChI is InChI=1S/C19H37N3O2.HI/c1-4-9-19(2)10-6-12-22(16-19)18(20-3)21-11-7-13-23-15-17-8-5-14-24-17;/h17H,4-16H2,1-3H3,(H,20,21);1H. The molecule has 2 atom stereocenters. The van der Waals surface area contributed by atoms with Crippen molar-refractivity contribution < 1.29 is 9.47 Å². The van der Waals surface area contributed by atoms with E-state index in [0.29, 0.717) is 11.5 Å². The van der Waals surface area contributed by atoms with E-state index in [9.17, 15) is 0 Å². The Hall–Kier alpha value is -0.0800. The number of aliphatic imine (C=N–C) groups is 1. The van der Waals surface area contributed by atoms with Gasteiger partial charge in [-0.1, -0.05) is 20.3 Å². The minimum absolute atomic E-state index is 0. The fourth-order valence-electron chi connectivity index (χ4n) is 4.00. The summed E-state index contributed by atoms with van der Waals surface area (Å²) in [4.78, 5) is 6.93. The molecule has 0 aromatic carbocycles. The van der Waals surface area contributed by atoms with E-state index in [1.807, 2.05) is 7.05 Å². The van der Waals surface area contributed by atoms with E-state index >= 15 is 0 Å². The molecule has 0 radical (unpaired) electrons. The van der Waals surface area contributed by atoms with Gasteiger partial charge in [-0.2, -0.15) is 0 Å². The molecule has 0 saturated carbocycles. The van der Waals surface area contributed by atoms with Crippen LogP contribution in [-0.2, 0) is 9.47 Å². The summed E-state index contributed by atoms with van der Waals surface area (Å²) < 4.78 is 11.3. The second-order valence-electron chi connectivity index (χ2n) is 7.62. The van der Waals surface area contributed by atoms with Crippen LogP contribution >= 0.6 is 24.0 Å². The lowest BCUT2D eigenvalue weighted by Crippen LogP contribution is -2.50. The van der Waals surface area contributed by atoms with Gasteiger partial charge in [0, 0.05) is 39.9 Å². The average molecular weight is 467 g/mol. The number of guanidine groups is 1. The molecule has 2 fully saturated rings. The molecule has 0 aromatic rings. The molecule has 2 rings (SSSR count). The van der Waals surface area contributed by atoms with Crippen molar-refractivity contribution in [3.63, 3.8) is 0 Å². The van der Waals surface area contributed by atoms with E-state index in [0.717, 1.165) is 58.3 Å². The number of ether oxygens (including phenoxy) is 2. The zero-order valence-corrected chi connectivity index (χ0v) is 18.7. The van der Waals surface area contributed by atoms with Crippen molar-refractivity contribution in [2.75, 3.05) is 46.5 Å². The smallest absolute Gasteiger partial charge is 0.193 e. The van der Waals surface area contributed by atoms with Crippen LogP contribution in [0.4, 0.5) is 0 Å². The monoisotopic (exact) mass is 467 g/mol. The molecule has 2 unspecified atom stereocenters. The molecule has 5 nitrogen and oxygen atoms in total. The quantitative estimate of drug-likeness (QED) is 0.256. The van der Waals surface area contributed by atoms with E-state index in [2.05, 4.69) is 29.1 Å². The molecular weight excluding hydrogens is 429 g/mol. The topological polar surface area (TPSA) is 46.1 Å². The first-order valence-corrected chi connectivity index (χ1v) is 9.82. The van der Waals surface area contributed by atoms with Crippen molar-refractivity contribution >= 4 is 29.9 Å². The first kappa shape index (κ1) is 23.0. The Kier molecular flexibility index (Phi) is 11.3. The number of nitrogens with zero attached hydrogens (tertiary/aromatic N) is 2. The lowest BCUT2D eigenvalue weighted by atomic mass is 9.78. The normalized spacial score (nSPS) is 27.2. The second kappa shape index (κ2) is 12.3. The van der Waals surface area contributed by atoms with Crippen molar-refractivity contribution in [1.29, 1.82) is 0 Å². The van der Waals surface area contributed by atoms with E-state index < -0.39 is 0 Å². The third kappa shape index (κ3) is 7.99. The summed E-state index contributed by atoms with van der Waals surface area (Å²) >= 11 is 0. The highest BCUT2D eigenvalue weighted by atomic mass is 127. The summed E-state index contributed by atoms with van der Waals surface area (Å²) in [6.45, 7) is 10.3. The molecule has 0 amide bonds. The summed E-state index contributed by atoms with van der Waals surface area (Å²) in [7, 11) is 1.89. The van der Waals surface area contributed by atoms with Crippen LogP contribution in [0, 0.1) is 5.41 Å². The SMILES string of the molecule is CCCC1(C)CCCN(C(=NC)NCCCOCC2CCCO2)C1.I. The van der Waals surface area contributed by atoms with Crippen LogP contribution in [0.2, 0.25) is 0 Å². The van der Waals surface area contributed by atoms with Crippen molar-refractivity contribution in [2.24, 2.45) is 10.4 Å². The lowest BCUT2D eigenvalue weighted by Gasteiger charge is -2.42. The molecule has 2 heterocycles. The van der Waals surface area contributed by atoms with Gasteiger partial charge in [0.05, 0.1) is 12.7 Å². The van der Waals surface area contributed by atoms with Crippen LogP contribution in [0.15, 0.2) is 4.99 Å². The summed E-state index contributed by atoms with van der Waals surface area (Å²) in [5.41, 5.74) is 0.439. The van der Waals surface area contributed by atoms with Gasteiger partial charge in [0.25, 0.3) is 0 Å². The maximum absolute atomic E-state index is 5.73. The zero-order chi connectivity index (χ0) is 17.3. The molecule has 25 heavy (non-hydrogen) atoms. The van der Waals surface area contributed by atoms with Gasteiger partial charge in [-0.25, -0.2) is 0 Å². The molecular formula is C19H38IN3O2. The van der Waals surface area contributed by atoms with E-state index in [1.165, 1.54) is 32.1 Å². The average Bonchev–Trinajstić information content (AvgIpc) is 3.07. The molecule has 0 aliphatic carbocycles. The third-order valence-electron chi connectivity index (χ3n) is 5.22. The number of nitrogens with one attached hydrogen (secondary N) is 1. The summed E-state index contributed by atoms with van der Waals surface area (Å²) in [6, 6.07) is 0. The van der Waals surface area contributed by atoms with Crippen LogP contribution in [-0.4, -0.2) is 63.5 Å². The van der Waals surface area contributed by atoms with Crippen LogP contribution in [0.1, 0.15) is 58.8 Å². The molecule has 0 spiro atoms. The lowest BCUT2D eigenvalue weighted by molar-refractivity contribution is 0.0168. The fraction of sp³-hybridized carbons (Fsp3) is 0.947. The maximum Gasteiger partial charge on any atom is 0.193 e. The Balaban J connectivity index is 0.00000312. The van der Waals surface area contributed by atoms with Gasteiger partial charge in [0.15, 0.2) is 5.96 Å². The maximum atomic E-state index is 5.73. The van der Waals surface area contributed by atoms with Gasteiger partial charge in [0.2, 0.25) is 0 Å². The molecule has 0 aromatic heterocycles. The van der Waals surface area contributed by atoms with Gasteiger partial charge in [-0.05, 0) is 43.9 Å². The molecule has 0 bridgehead atoms. The number of halogens is 1. The second-order valence-corrected chi connectivity index (χ2v) is 7.62. The van der Waals surface area contributed by atoms with Crippen molar-refractivity contribution in [3.05, 3.63) is 0 Å². The molecule has 2 aliphatic heterocycles. The number of hydrogen-bond donors (Lipinski definition) is 1. The van der Waals surface area contributed by atoms with Gasteiger partial charge >= 0.3 is 0 Å². The van der Waals surface area contributed by atoms with Crippen molar-refractivity contribution in [1.82, 2.24) is 10.2 Å². The highest BCUT2D eigenvalue weighted by molar-refractivity contribution is 14.0. The van der Waals surface area contributed by atoms with Crippen molar-refractivity contribution in [2.45, 2.75) is 64.9 Å². The Morgan fingerprint density at radius 2 is 2.24 bits per heavy atom. The van der Waals surface area contributed by atoms with E-state index in [1.54, 1.807) is 0 Å². The van der Waals surface area contributed by atoms with Crippen molar-refractivity contribution in [3.8, 4) is 0 Å². The zero-order valence-electron chi connectivity index (χ0n) is 16.4. The predicted octanol–water partition coefficient (Wildman–Crippen LogP) is 3.67. The largest absolute Gasteiger partial charge is 0.379 e. The van der Waals surface area contributed by atoms with Crippen LogP contribution < -0.4 is 5.32 Å². The fourth-order valence-corrected chi connectivity index (χ4v) is 4.00. The van der Waals surface area contributed by atoms with Gasteiger partial charge in [0.1, 0.15) is 0 Å². The highest BCUT2D eigenvalue weighted by Crippen LogP contribution is 2.33. The van der Waals surface area contributed by atoms with Crippen LogP contribution in [0.25, 0.3) is 0 Å². The minimum atomic E-state index is 0. The van der Waals surface area contributed by atoms with E-state index in [-0.39, 0.29) is 24.0 Å². The number of rotatable bonds is 8. The first-order valence-electron chi connectivity index (χ1n) is 9.82. The molecule has 148 valence electrons. The van der Waals surface area contributed by atoms with E-state index in [4.69, 9.17) is 9.47 Å². The number of hydrogen-bond acceptors (Lipinski definition) is 3. The Bertz CT molecular complexity index is 385. The van der Waals surface area contributed by atoms with Crippen LogP contribution in [0.3, 0.4) is 0 Å². The van der Waals surface area contributed by atoms with Gasteiger partial charge in [-0.3, -0.25) is 4.99 Å². The molecule has 2 aliphatic rings. The summed E-state index contributed by atoms with van der Waals surface area (Å²) in [6.07, 6.45) is 8.83. The predicted molar refractivity (Wildman–Crippen MR) is 115 cm³/mol. The summed E-state index contributed by atoms with van der Waals surface area (Å²) in [5, 5.41) is 3.51. The Morgan fingerprint density at radius 1 is 1.40 bits per heavy atom. The number of piperidine rings is 1. The molecule has 6 heteroatoms. The molecule has 1 N–H and O–H groups in total. The summed E-state index contributed by atoms with van der Waals surface area (Å²) in [5.74, 6) is 1.05. The Morgan fingerprint density at radius 3 is 2.92 bits per heavy atom. The molecule has 2 saturated heterocycles. The van der Waals surface area contributed by atoms with Crippen LogP contribution in [0.5, 0.6) is 0 Å². The third-order valence-corrected chi connectivity index (χ3v) is 5.22. The van der Waals surface area contributed by atoms with Gasteiger partial charge in [-0.15, -0.1) is 24.0 Å². The Labute approximate surface area is 171 Å². The first-order chi connectivity index (χ1) is 11.7. The highest BCUT2D eigenvalue weighted by Gasteiger charge is 2.31. The van der Waals surface area contributed by atoms with Gasteiger partial charge < -0.3 is 19.7 Å². The minimum Gasteiger partial charge on any atom is -0.379 e. The number of likely N-dealkylation sites (tertiary alicyclic amines) is 1.